The number of rotatable bonds is 0. The standard InChI is InChI=1S/C29H37.Li/c1-26(2)9-11-28(5,6)24-16-20-18(14-22(24)26)13-19-15-23-25(17-21(19)20)29(7,8)12-10-27(23,3)4;/h13-17H,9-12H2,1-8H3;/q-1;+1. The third-order valence-corrected chi connectivity index (χ3v) is 8.65. The summed E-state index contributed by atoms with van der Waals surface area (Å²) in [6, 6.07) is 12.6. The molecule has 0 aromatic heterocycles. The van der Waals surface area contributed by atoms with E-state index in [1.54, 1.807) is 22.3 Å². The topological polar surface area (TPSA) is 0 Å². The molecule has 0 aliphatic heterocycles. The first kappa shape index (κ1) is 22.1. The molecular formula is C29H37Li. The van der Waals surface area contributed by atoms with Gasteiger partial charge in [0.05, 0.1) is 0 Å². The van der Waals surface area contributed by atoms with Crippen molar-refractivity contribution in [1.82, 2.24) is 0 Å². The Kier molecular flexibility index (Phi) is 4.77. The van der Waals surface area contributed by atoms with Crippen molar-refractivity contribution < 1.29 is 18.9 Å². The summed E-state index contributed by atoms with van der Waals surface area (Å²) in [6.07, 6.45) is 5.09. The van der Waals surface area contributed by atoms with Gasteiger partial charge in [-0.15, -0.1) is 39.7 Å². The maximum Gasteiger partial charge on any atom is 1.00 e. The van der Waals surface area contributed by atoms with Crippen LogP contribution in [0.3, 0.4) is 0 Å². The van der Waals surface area contributed by atoms with Gasteiger partial charge in [-0.05, 0) is 47.3 Å². The summed E-state index contributed by atoms with van der Waals surface area (Å²) in [5.41, 5.74) is 7.36. The van der Waals surface area contributed by atoms with Crippen LogP contribution in [0, 0.1) is 0 Å². The first-order chi connectivity index (χ1) is 13.3. The molecule has 0 amide bonds. The number of hydrogen-bond donors (Lipinski definition) is 0. The van der Waals surface area contributed by atoms with Crippen LogP contribution in [0.15, 0.2) is 30.3 Å². The predicted molar refractivity (Wildman–Crippen MR) is 128 cm³/mol. The Morgan fingerprint density at radius 2 is 0.767 bits per heavy atom. The molecule has 0 N–H and O–H groups in total. The SMILES string of the molecule is CC1(C)CCC(C)(C)c2cc3c(cc21)[cH-]c1cc2c(cc13)C(C)(C)CCC2(C)C.[Li+]. The molecule has 0 saturated carbocycles. The monoisotopic (exact) mass is 392 g/mol. The van der Waals surface area contributed by atoms with E-state index in [4.69, 9.17) is 0 Å². The second-order valence-corrected chi connectivity index (χ2v) is 12.6. The van der Waals surface area contributed by atoms with E-state index in [1.807, 2.05) is 0 Å². The fourth-order valence-corrected chi connectivity index (χ4v) is 6.13. The Morgan fingerprint density at radius 1 is 0.500 bits per heavy atom. The molecule has 0 unspecified atom stereocenters. The van der Waals surface area contributed by atoms with Gasteiger partial charge in [0.1, 0.15) is 0 Å². The van der Waals surface area contributed by atoms with Crippen LogP contribution in [0.25, 0.3) is 21.5 Å². The largest absolute Gasteiger partial charge is 1.00 e. The van der Waals surface area contributed by atoms with Crippen molar-refractivity contribution >= 4 is 21.5 Å². The van der Waals surface area contributed by atoms with E-state index in [0.717, 1.165) is 0 Å². The normalized spacial score (nSPS) is 22.9. The van der Waals surface area contributed by atoms with Crippen LogP contribution in [0.2, 0.25) is 0 Å². The van der Waals surface area contributed by atoms with Crippen molar-refractivity contribution in [3.63, 3.8) is 0 Å². The summed E-state index contributed by atoms with van der Waals surface area (Å²) in [6.45, 7) is 19.5. The van der Waals surface area contributed by atoms with Crippen LogP contribution in [-0.2, 0) is 21.7 Å². The first-order valence-corrected chi connectivity index (χ1v) is 11.6. The minimum atomic E-state index is 0. The van der Waals surface area contributed by atoms with E-state index < -0.39 is 0 Å². The zero-order valence-corrected chi connectivity index (χ0v) is 20.7. The van der Waals surface area contributed by atoms with Crippen LogP contribution >= 0.6 is 0 Å². The quantitative estimate of drug-likeness (QED) is 0.354. The summed E-state index contributed by atoms with van der Waals surface area (Å²) in [4.78, 5) is 0. The second-order valence-electron chi connectivity index (χ2n) is 12.6. The van der Waals surface area contributed by atoms with Gasteiger partial charge in [0.15, 0.2) is 0 Å². The minimum absolute atomic E-state index is 0. The summed E-state index contributed by atoms with van der Waals surface area (Å²) in [7, 11) is 0. The zero-order valence-electron chi connectivity index (χ0n) is 20.7. The maximum absolute atomic E-state index is 2.56. The van der Waals surface area contributed by atoms with Gasteiger partial charge < -0.3 is 0 Å². The average Bonchev–Trinajstić information content (AvgIpc) is 2.98. The summed E-state index contributed by atoms with van der Waals surface area (Å²) in [5, 5.41) is 5.79. The third kappa shape index (κ3) is 3.05. The van der Waals surface area contributed by atoms with Crippen molar-refractivity contribution in [2.24, 2.45) is 0 Å². The molecule has 0 atom stereocenters. The van der Waals surface area contributed by atoms with Gasteiger partial charge in [-0.2, -0.15) is 0 Å². The van der Waals surface area contributed by atoms with Crippen LogP contribution in [0.4, 0.5) is 0 Å². The van der Waals surface area contributed by atoms with Gasteiger partial charge in [-0.1, -0.05) is 89.8 Å². The van der Waals surface area contributed by atoms with Crippen molar-refractivity contribution in [2.45, 2.75) is 103 Å². The van der Waals surface area contributed by atoms with Crippen LogP contribution in [0.5, 0.6) is 0 Å². The molecule has 2 aliphatic carbocycles. The molecule has 0 fully saturated rings. The zero-order chi connectivity index (χ0) is 21.0. The molecule has 3 aromatic rings. The predicted octanol–water partition coefficient (Wildman–Crippen LogP) is 5.41. The Labute approximate surface area is 195 Å². The van der Waals surface area contributed by atoms with Crippen molar-refractivity contribution in [1.29, 1.82) is 0 Å². The molecular weight excluding hydrogens is 355 g/mol. The van der Waals surface area contributed by atoms with Gasteiger partial charge in [-0.3, -0.25) is 0 Å². The van der Waals surface area contributed by atoms with Crippen LogP contribution in [-0.4, -0.2) is 0 Å². The molecule has 0 bridgehead atoms. The van der Waals surface area contributed by atoms with E-state index in [-0.39, 0.29) is 40.5 Å². The smallest absolute Gasteiger partial charge is 0.126 e. The van der Waals surface area contributed by atoms with E-state index in [0.29, 0.717) is 0 Å². The number of hydrogen-bond acceptors (Lipinski definition) is 0. The number of fused-ring (bicyclic) bond motifs is 5. The average molecular weight is 393 g/mol. The summed E-state index contributed by atoms with van der Waals surface area (Å²) >= 11 is 0. The second kappa shape index (κ2) is 6.46. The fraction of sp³-hybridized carbons (Fsp3) is 0.552. The van der Waals surface area contributed by atoms with E-state index >= 15 is 0 Å². The molecule has 0 heterocycles. The van der Waals surface area contributed by atoms with Crippen LogP contribution in [0.1, 0.15) is 103 Å². The first-order valence-electron chi connectivity index (χ1n) is 11.6. The molecule has 0 saturated heterocycles. The fourth-order valence-electron chi connectivity index (χ4n) is 6.13. The molecule has 3 aromatic carbocycles. The minimum Gasteiger partial charge on any atom is -0.126 e. The molecule has 5 rings (SSSR count). The van der Waals surface area contributed by atoms with Gasteiger partial charge in [0.2, 0.25) is 0 Å². The van der Waals surface area contributed by atoms with E-state index in [1.165, 1.54) is 47.2 Å². The van der Waals surface area contributed by atoms with Crippen molar-refractivity contribution in [2.75, 3.05) is 0 Å². The summed E-state index contributed by atoms with van der Waals surface area (Å²) < 4.78 is 0. The Morgan fingerprint density at radius 3 is 1.07 bits per heavy atom. The van der Waals surface area contributed by atoms with E-state index in [9.17, 15) is 0 Å². The summed E-state index contributed by atoms with van der Waals surface area (Å²) in [5.74, 6) is 0. The Hall–Kier alpha value is -1.09. The molecule has 2 aliphatic rings. The van der Waals surface area contributed by atoms with Crippen molar-refractivity contribution in [3.8, 4) is 0 Å². The molecule has 1 heteroatoms. The van der Waals surface area contributed by atoms with Crippen LogP contribution < -0.4 is 18.9 Å². The molecule has 0 spiro atoms. The van der Waals surface area contributed by atoms with Gasteiger partial charge in [-0.25, -0.2) is 0 Å². The Balaban J connectivity index is 0.00000218. The Bertz CT molecular complexity index is 1060. The van der Waals surface area contributed by atoms with Gasteiger partial charge in [0, 0.05) is 0 Å². The van der Waals surface area contributed by atoms with Crippen molar-refractivity contribution in [3.05, 3.63) is 52.6 Å². The van der Waals surface area contributed by atoms with E-state index in [2.05, 4.69) is 85.7 Å². The third-order valence-electron chi connectivity index (χ3n) is 8.65. The van der Waals surface area contributed by atoms with Gasteiger partial charge >= 0.3 is 18.9 Å². The molecule has 154 valence electrons. The molecule has 30 heavy (non-hydrogen) atoms. The maximum atomic E-state index is 2.56. The molecule has 0 nitrogen and oxygen atoms in total. The molecule has 0 radical (unpaired) electrons. The number of benzene rings is 2. The van der Waals surface area contributed by atoms with Gasteiger partial charge in [0.25, 0.3) is 0 Å².